The number of H-pyrrole nitrogens is 1. The molecule has 7 heteroatoms. The third-order valence-corrected chi connectivity index (χ3v) is 5.75. The monoisotopic (exact) mass is 307 g/mol. The van der Waals surface area contributed by atoms with Crippen LogP contribution in [0.4, 0.5) is 5.69 Å². The van der Waals surface area contributed by atoms with Gasteiger partial charge in [-0.05, 0) is 25.5 Å². The van der Waals surface area contributed by atoms with Gasteiger partial charge in [-0.1, -0.05) is 12.1 Å². The smallest absolute Gasteiger partial charge is 0.268 e. The number of sulfone groups is 1. The van der Waals surface area contributed by atoms with E-state index >= 15 is 0 Å². The van der Waals surface area contributed by atoms with E-state index in [2.05, 4.69) is 10.3 Å². The number of benzene rings is 1. The Balaban J connectivity index is 1.86. The highest BCUT2D eigenvalue weighted by Crippen LogP contribution is 2.25. The van der Waals surface area contributed by atoms with Crippen molar-refractivity contribution < 1.29 is 13.2 Å². The third kappa shape index (κ3) is 2.61. The standard InChI is InChI=1S/C14H17N3O3S/c1-14(5-6-21(19,20)8-14)17-13(18)11-7-9-3-2-4-10(15)12(9)16-11/h2-4,7,16H,5-6,8,15H2,1H3,(H,17,18). The van der Waals surface area contributed by atoms with Crippen LogP contribution in [-0.4, -0.2) is 36.4 Å². The number of amides is 1. The molecule has 0 radical (unpaired) electrons. The van der Waals surface area contributed by atoms with Gasteiger partial charge < -0.3 is 16.0 Å². The number of para-hydroxylation sites is 1. The lowest BCUT2D eigenvalue weighted by molar-refractivity contribution is 0.0911. The molecule has 1 fully saturated rings. The van der Waals surface area contributed by atoms with Crippen LogP contribution in [0.15, 0.2) is 24.3 Å². The summed E-state index contributed by atoms with van der Waals surface area (Å²) in [5.41, 5.74) is 6.81. The van der Waals surface area contributed by atoms with Gasteiger partial charge >= 0.3 is 0 Å². The second kappa shape index (κ2) is 4.49. The lowest BCUT2D eigenvalue weighted by Gasteiger charge is -2.23. The number of rotatable bonds is 2. The molecule has 21 heavy (non-hydrogen) atoms. The number of hydrogen-bond donors (Lipinski definition) is 3. The number of carbonyl (C=O) groups excluding carboxylic acids is 1. The summed E-state index contributed by atoms with van der Waals surface area (Å²) in [6.07, 6.45) is 0.434. The van der Waals surface area contributed by atoms with Crippen molar-refractivity contribution in [3.63, 3.8) is 0 Å². The van der Waals surface area contributed by atoms with Crippen molar-refractivity contribution in [2.45, 2.75) is 18.9 Å². The van der Waals surface area contributed by atoms with Gasteiger partial charge in [0.2, 0.25) is 0 Å². The van der Waals surface area contributed by atoms with Gasteiger partial charge in [-0.2, -0.15) is 0 Å². The van der Waals surface area contributed by atoms with E-state index in [9.17, 15) is 13.2 Å². The largest absolute Gasteiger partial charge is 0.397 e. The second-order valence-corrected chi connectivity index (χ2v) is 8.04. The molecule has 1 unspecified atom stereocenters. The van der Waals surface area contributed by atoms with E-state index in [1.807, 2.05) is 12.1 Å². The summed E-state index contributed by atoms with van der Waals surface area (Å²) < 4.78 is 23.1. The van der Waals surface area contributed by atoms with E-state index < -0.39 is 15.4 Å². The van der Waals surface area contributed by atoms with Gasteiger partial charge in [0.1, 0.15) is 5.69 Å². The number of hydrogen-bond acceptors (Lipinski definition) is 4. The van der Waals surface area contributed by atoms with Crippen LogP contribution in [0.3, 0.4) is 0 Å². The molecule has 6 nitrogen and oxygen atoms in total. The van der Waals surface area contributed by atoms with Gasteiger partial charge in [-0.15, -0.1) is 0 Å². The Morgan fingerprint density at radius 3 is 2.81 bits per heavy atom. The number of carbonyl (C=O) groups is 1. The zero-order valence-electron chi connectivity index (χ0n) is 11.6. The SMILES string of the molecule is CC1(NC(=O)c2cc3cccc(N)c3[nH]2)CCS(=O)(=O)C1. The molecule has 2 aromatic rings. The Morgan fingerprint density at radius 1 is 1.43 bits per heavy atom. The van der Waals surface area contributed by atoms with Crippen LogP contribution >= 0.6 is 0 Å². The van der Waals surface area contributed by atoms with Crippen LogP contribution in [0.1, 0.15) is 23.8 Å². The van der Waals surface area contributed by atoms with Crippen LogP contribution < -0.4 is 11.1 Å². The number of nitrogens with one attached hydrogen (secondary N) is 2. The van der Waals surface area contributed by atoms with Crippen molar-refractivity contribution in [2.75, 3.05) is 17.2 Å². The fourth-order valence-corrected chi connectivity index (χ4v) is 4.85. The molecule has 1 aromatic carbocycles. The van der Waals surface area contributed by atoms with E-state index in [4.69, 9.17) is 5.73 Å². The summed E-state index contributed by atoms with van der Waals surface area (Å²) in [4.78, 5) is 15.3. The number of nitrogen functional groups attached to an aromatic ring is 1. The highest BCUT2D eigenvalue weighted by atomic mass is 32.2. The molecule has 0 spiro atoms. The van der Waals surface area contributed by atoms with Crippen molar-refractivity contribution in [1.29, 1.82) is 0 Å². The molecule has 1 saturated heterocycles. The van der Waals surface area contributed by atoms with Crippen molar-refractivity contribution >= 4 is 32.3 Å². The minimum absolute atomic E-state index is 0.0197. The van der Waals surface area contributed by atoms with Crippen LogP contribution in [0.2, 0.25) is 0 Å². The summed E-state index contributed by atoms with van der Waals surface area (Å²) >= 11 is 0. The maximum Gasteiger partial charge on any atom is 0.268 e. The van der Waals surface area contributed by atoms with Gasteiger partial charge in [0.05, 0.1) is 28.2 Å². The molecule has 1 atom stereocenters. The number of anilines is 1. The first-order valence-electron chi connectivity index (χ1n) is 6.68. The van der Waals surface area contributed by atoms with Gasteiger partial charge in [0, 0.05) is 5.39 Å². The Morgan fingerprint density at radius 2 is 2.19 bits per heavy atom. The van der Waals surface area contributed by atoms with Crippen LogP contribution in [-0.2, 0) is 9.84 Å². The predicted octanol–water partition coefficient (Wildman–Crippen LogP) is 1.06. The molecule has 0 aliphatic carbocycles. The minimum Gasteiger partial charge on any atom is -0.397 e. The van der Waals surface area contributed by atoms with E-state index in [0.717, 1.165) is 5.39 Å². The summed E-state index contributed by atoms with van der Waals surface area (Å²) in [7, 11) is -3.06. The Hall–Kier alpha value is -2.02. The summed E-state index contributed by atoms with van der Waals surface area (Å²) in [6, 6.07) is 7.15. The maximum atomic E-state index is 12.3. The Bertz CT molecular complexity index is 825. The van der Waals surface area contributed by atoms with Crippen LogP contribution in [0.25, 0.3) is 10.9 Å². The van der Waals surface area contributed by atoms with E-state index in [-0.39, 0.29) is 17.4 Å². The second-order valence-electron chi connectivity index (χ2n) is 5.85. The van der Waals surface area contributed by atoms with Gasteiger partial charge in [0.25, 0.3) is 5.91 Å². The topological polar surface area (TPSA) is 105 Å². The average molecular weight is 307 g/mol. The molecule has 1 aromatic heterocycles. The summed E-state index contributed by atoms with van der Waals surface area (Å²) in [5.74, 6) is -0.220. The van der Waals surface area contributed by atoms with Crippen LogP contribution in [0, 0.1) is 0 Å². The number of nitrogens with two attached hydrogens (primary N) is 1. The molecule has 3 rings (SSSR count). The maximum absolute atomic E-state index is 12.3. The normalized spacial score (nSPS) is 24.2. The highest BCUT2D eigenvalue weighted by Gasteiger charge is 2.39. The quantitative estimate of drug-likeness (QED) is 0.721. The first kappa shape index (κ1) is 13.9. The Labute approximate surface area is 122 Å². The zero-order valence-corrected chi connectivity index (χ0v) is 12.5. The predicted molar refractivity (Wildman–Crippen MR) is 81.9 cm³/mol. The number of aromatic nitrogens is 1. The molecular formula is C14H17N3O3S. The molecule has 112 valence electrons. The molecule has 0 saturated carbocycles. The minimum atomic E-state index is -3.06. The number of aromatic amines is 1. The van der Waals surface area contributed by atoms with E-state index in [1.54, 1.807) is 19.1 Å². The molecule has 2 heterocycles. The lowest BCUT2D eigenvalue weighted by Crippen LogP contribution is -2.47. The fourth-order valence-electron chi connectivity index (χ4n) is 2.75. The van der Waals surface area contributed by atoms with Gasteiger partial charge in [0.15, 0.2) is 9.84 Å². The van der Waals surface area contributed by atoms with Crippen LogP contribution in [0.5, 0.6) is 0 Å². The molecular weight excluding hydrogens is 290 g/mol. The zero-order chi connectivity index (χ0) is 15.3. The third-order valence-electron chi connectivity index (χ3n) is 3.85. The highest BCUT2D eigenvalue weighted by molar-refractivity contribution is 7.91. The van der Waals surface area contributed by atoms with E-state index in [1.165, 1.54) is 0 Å². The Kier molecular flexibility index (Phi) is 2.98. The molecule has 1 aliphatic rings. The van der Waals surface area contributed by atoms with Crippen molar-refractivity contribution in [2.24, 2.45) is 0 Å². The lowest BCUT2D eigenvalue weighted by atomic mass is 10.0. The van der Waals surface area contributed by atoms with Crippen molar-refractivity contribution in [3.05, 3.63) is 30.0 Å². The van der Waals surface area contributed by atoms with Crippen molar-refractivity contribution in [3.8, 4) is 0 Å². The number of fused-ring (bicyclic) bond motifs is 1. The fraction of sp³-hybridized carbons (Fsp3) is 0.357. The van der Waals surface area contributed by atoms with Crippen molar-refractivity contribution in [1.82, 2.24) is 10.3 Å². The first-order valence-corrected chi connectivity index (χ1v) is 8.50. The van der Waals surface area contributed by atoms with Gasteiger partial charge in [-0.3, -0.25) is 4.79 Å². The molecule has 4 N–H and O–H groups in total. The first-order chi connectivity index (χ1) is 9.78. The summed E-state index contributed by atoms with van der Waals surface area (Å²) in [5, 5.41) is 3.67. The molecule has 0 bridgehead atoms. The van der Waals surface area contributed by atoms with Gasteiger partial charge in [-0.25, -0.2) is 8.42 Å². The van der Waals surface area contributed by atoms with E-state index in [0.29, 0.717) is 23.3 Å². The molecule has 1 aliphatic heterocycles. The average Bonchev–Trinajstić information content (AvgIpc) is 2.92. The molecule has 1 amide bonds. The summed E-state index contributed by atoms with van der Waals surface area (Å²) in [6.45, 7) is 1.76.